The van der Waals surface area contributed by atoms with Crippen LogP contribution in [0.1, 0.15) is 97.0 Å². The summed E-state index contributed by atoms with van der Waals surface area (Å²) in [6, 6.07) is 15.5. The molecule has 2 saturated carbocycles. The van der Waals surface area contributed by atoms with Crippen molar-refractivity contribution in [3.63, 3.8) is 0 Å². The molecule has 10 heteroatoms. The summed E-state index contributed by atoms with van der Waals surface area (Å²) >= 11 is 0. The van der Waals surface area contributed by atoms with Crippen LogP contribution in [0.4, 0.5) is 10.5 Å². The second kappa shape index (κ2) is 15.2. The van der Waals surface area contributed by atoms with Gasteiger partial charge in [-0.25, -0.2) is 9.79 Å². The SMILES string of the molecule is CN(C(=O)CC[C@@H](C1CCCCC1)N1Cc2cc(Oc3ccccc3)ccc2N=C1NC(=O)OC(C)(C)C)C1CCC(C(=O)O)CC1. The van der Waals surface area contributed by atoms with Crippen molar-refractivity contribution < 1.29 is 29.0 Å². The van der Waals surface area contributed by atoms with Crippen LogP contribution in [0.3, 0.4) is 0 Å². The first-order valence-electron chi connectivity index (χ1n) is 17.2. The Morgan fingerprint density at radius 1 is 0.979 bits per heavy atom. The molecule has 3 aliphatic rings. The third kappa shape index (κ3) is 9.26. The summed E-state index contributed by atoms with van der Waals surface area (Å²) in [7, 11) is 1.85. The molecule has 1 atom stereocenters. The Morgan fingerprint density at radius 3 is 2.34 bits per heavy atom. The maximum Gasteiger partial charge on any atom is 0.414 e. The zero-order valence-electron chi connectivity index (χ0n) is 28.2. The molecule has 0 saturated heterocycles. The Bertz CT molecular complexity index is 1420. The molecule has 1 heterocycles. The first-order valence-corrected chi connectivity index (χ1v) is 17.2. The van der Waals surface area contributed by atoms with Crippen LogP contribution in [-0.2, 0) is 20.9 Å². The average Bonchev–Trinajstić information content (AvgIpc) is 3.04. The number of alkyl carbamates (subject to hydrolysis) is 1. The number of hydrogen-bond donors (Lipinski definition) is 2. The lowest BCUT2D eigenvalue weighted by Gasteiger charge is -2.42. The van der Waals surface area contributed by atoms with E-state index in [0.717, 1.165) is 42.7 Å². The zero-order chi connectivity index (χ0) is 33.6. The number of guanidine groups is 1. The Kier molecular flexibility index (Phi) is 11.1. The maximum absolute atomic E-state index is 13.6. The predicted octanol–water partition coefficient (Wildman–Crippen LogP) is 7.64. The van der Waals surface area contributed by atoms with Crippen molar-refractivity contribution in [2.45, 2.75) is 116 Å². The van der Waals surface area contributed by atoms with Crippen molar-refractivity contribution in [3.05, 3.63) is 54.1 Å². The Hall–Kier alpha value is -4.08. The van der Waals surface area contributed by atoms with Gasteiger partial charge < -0.3 is 24.4 Å². The van der Waals surface area contributed by atoms with Gasteiger partial charge in [-0.3, -0.25) is 14.9 Å². The average molecular weight is 647 g/mol. The minimum absolute atomic E-state index is 0.0315. The van der Waals surface area contributed by atoms with E-state index in [9.17, 15) is 19.5 Å². The van der Waals surface area contributed by atoms with Gasteiger partial charge >= 0.3 is 12.1 Å². The fourth-order valence-corrected chi connectivity index (χ4v) is 7.22. The van der Waals surface area contributed by atoms with Gasteiger partial charge in [-0.05, 0) is 102 Å². The van der Waals surface area contributed by atoms with E-state index in [-0.39, 0.29) is 23.9 Å². The van der Waals surface area contributed by atoms with E-state index in [1.54, 1.807) is 0 Å². The van der Waals surface area contributed by atoms with Crippen molar-refractivity contribution in [2.24, 2.45) is 16.8 Å². The molecule has 254 valence electrons. The summed E-state index contributed by atoms with van der Waals surface area (Å²) in [6.45, 7) is 5.99. The molecule has 2 aromatic carbocycles. The Morgan fingerprint density at radius 2 is 1.68 bits per heavy atom. The number of carboxylic acid groups (broad SMARTS) is 1. The zero-order valence-corrected chi connectivity index (χ0v) is 28.2. The molecular weight excluding hydrogens is 596 g/mol. The van der Waals surface area contributed by atoms with Crippen LogP contribution in [0.25, 0.3) is 0 Å². The van der Waals surface area contributed by atoms with Crippen LogP contribution in [0, 0.1) is 11.8 Å². The van der Waals surface area contributed by atoms with Gasteiger partial charge in [-0.2, -0.15) is 0 Å². The molecule has 2 fully saturated rings. The number of fused-ring (bicyclic) bond motifs is 1. The molecule has 10 nitrogen and oxygen atoms in total. The van der Waals surface area contributed by atoms with Gasteiger partial charge in [0, 0.05) is 37.7 Å². The number of carboxylic acids is 1. The molecule has 1 aliphatic heterocycles. The molecule has 0 aromatic heterocycles. The molecular formula is C37H50N4O6. The molecule has 2 aliphatic carbocycles. The van der Waals surface area contributed by atoms with E-state index in [1.165, 1.54) is 6.42 Å². The Balaban J connectivity index is 1.38. The molecule has 2 amide bonds. The van der Waals surface area contributed by atoms with Crippen LogP contribution in [0.2, 0.25) is 0 Å². The van der Waals surface area contributed by atoms with Gasteiger partial charge in [0.05, 0.1) is 11.6 Å². The van der Waals surface area contributed by atoms with Gasteiger partial charge in [0.1, 0.15) is 17.1 Å². The van der Waals surface area contributed by atoms with Crippen molar-refractivity contribution in [1.82, 2.24) is 15.1 Å². The number of para-hydroxylation sites is 1. The minimum Gasteiger partial charge on any atom is -0.481 e. The lowest BCUT2D eigenvalue weighted by molar-refractivity contribution is -0.143. The number of ether oxygens (including phenoxy) is 2. The van der Waals surface area contributed by atoms with Gasteiger partial charge in [0.25, 0.3) is 0 Å². The van der Waals surface area contributed by atoms with Crippen LogP contribution in [0.15, 0.2) is 53.5 Å². The minimum atomic E-state index is -0.743. The van der Waals surface area contributed by atoms with Crippen molar-refractivity contribution in [3.8, 4) is 11.5 Å². The largest absolute Gasteiger partial charge is 0.481 e. The normalized spacial score (nSPS) is 20.8. The lowest BCUT2D eigenvalue weighted by atomic mass is 9.81. The summed E-state index contributed by atoms with van der Waals surface area (Å²) in [5, 5.41) is 12.4. The van der Waals surface area contributed by atoms with Crippen LogP contribution in [0.5, 0.6) is 11.5 Å². The van der Waals surface area contributed by atoms with E-state index >= 15 is 0 Å². The number of nitrogens with one attached hydrogen (secondary N) is 1. The number of carbonyl (C=O) groups is 3. The topological polar surface area (TPSA) is 121 Å². The van der Waals surface area contributed by atoms with Crippen molar-refractivity contribution in [2.75, 3.05) is 7.05 Å². The first kappa shape index (κ1) is 34.3. The molecule has 0 spiro atoms. The maximum atomic E-state index is 13.6. The number of aliphatic imine (C=N–C) groups is 1. The number of benzene rings is 2. The predicted molar refractivity (Wildman–Crippen MR) is 181 cm³/mol. The van der Waals surface area contributed by atoms with E-state index in [1.807, 2.05) is 81.2 Å². The monoisotopic (exact) mass is 646 g/mol. The van der Waals surface area contributed by atoms with Gasteiger partial charge in [0.15, 0.2) is 0 Å². The quantitative estimate of drug-likeness (QED) is 0.287. The van der Waals surface area contributed by atoms with Gasteiger partial charge in [0.2, 0.25) is 11.9 Å². The second-order valence-corrected chi connectivity index (χ2v) is 14.2. The summed E-state index contributed by atoms with van der Waals surface area (Å²) in [4.78, 5) is 47.1. The fraction of sp³-hybridized carbons (Fsp3) is 0.568. The standard InChI is InChI=1S/C37H50N4O6/c1-37(2,3)47-36(45)39-35-38-31-20-19-30(46-29-13-9-6-10-14-29)23-27(31)24-41(35)32(25-11-7-5-8-12-25)21-22-33(42)40(4)28-17-15-26(16-18-28)34(43)44/h6,9-10,13-14,19-20,23,25-26,28,32H,5,7-8,11-12,15-18,21-22,24H2,1-4H3,(H,43,44)(H,38,39,45)/t26?,28?,32-/m0/s1. The van der Waals surface area contributed by atoms with E-state index in [2.05, 4.69) is 10.2 Å². The van der Waals surface area contributed by atoms with Crippen molar-refractivity contribution >= 4 is 29.6 Å². The van der Waals surface area contributed by atoms with Gasteiger partial charge in [-0.1, -0.05) is 37.5 Å². The Labute approximate surface area is 278 Å². The van der Waals surface area contributed by atoms with Crippen LogP contribution < -0.4 is 10.1 Å². The number of nitrogens with zero attached hydrogens (tertiary/aromatic N) is 3. The first-order chi connectivity index (χ1) is 22.5. The number of rotatable bonds is 9. The molecule has 2 aromatic rings. The number of amides is 2. The summed E-state index contributed by atoms with van der Waals surface area (Å²) in [5.41, 5.74) is 1.06. The van der Waals surface area contributed by atoms with Crippen LogP contribution >= 0.6 is 0 Å². The summed E-state index contributed by atoms with van der Waals surface area (Å²) in [6.07, 6.45) is 8.58. The second-order valence-electron chi connectivity index (χ2n) is 14.2. The molecule has 2 N–H and O–H groups in total. The smallest absolute Gasteiger partial charge is 0.414 e. The van der Waals surface area contributed by atoms with Crippen molar-refractivity contribution in [1.29, 1.82) is 0 Å². The van der Waals surface area contributed by atoms with Gasteiger partial charge in [-0.15, -0.1) is 0 Å². The van der Waals surface area contributed by atoms with Crippen LogP contribution in [-0.4, -0.2) is 63.6 Å². The molecule has 0 unspecified atom stereocenters. The molecule has 0 bridgehead atoms. The highest BCUT2D eigenvalue weighted by Crippen LogP contribution is 2.37. The highest BCUT2D eigenvalue weighted by atomic mass is 16.6. The van der Waals surface area contributed by atoms with E-state index < -0.39 is 17.7 Å². The lowest BCUT2D eigenvalue weighted by Crippen LogP contribution is -2.53. The highest BCUT2D eigenvalue weighted by molar-refractivity contribution is 5.96. The fourth-order valence-electron chi connectivity index (χ4n) is 7.22. The number of hydrogen-bond acceptors (Lipinski definition) is 7. The van der Waals surface area contributed by atoms with E-state index in [0.29, 0.717) is 62.7 Å². The summed E-state index contributed by atoms with van der Waals surface area (Å²) < 4.78 is 11.8. The van der Waals surface area contributed by atoms with E-state index in [4.69, 9.17) is 14.5 Å². The molecule has 47 heavy (non-hydrogen) atoms. The number of aliphatic carboxylic acids is 1. The number of carbonyl (C=O) groups excluding carboxylic acids is 2. The third-order valence-electron chi connectivity index (χ3n) is 9.72. The third-order valence-corrected chi connectivity index (χ3v) is 9.72. The molecule has 0 radical (unpaired) electrons. The summed E-state index contributed by atoms with van der Waals surface area (Å²) in [5.74, 6) is 1.23. The molecule has 5 rings (SSSR count). The highest BCUT2D eigenvalue weighted by Gasteiger charge is 2.36.